The van der Waals surface area contributed by atoms with Gasteiger partial charge in [-0.2, -0.15) is 4.98 Å². The monoisotopic (exact) mass is 323 g/mol. The minimum Gasteiger partial charge on any atom is -0.338 e. The number of nitrogens with zero attached hydrogens (tertiary/aromatic N) is 3. The Balaban J connectivity index is 1.77. The van der Waals surface area contributed by atoms with Gasteiger partial charge in [-0.1, -0.05) is 30.3 Å². The summed E-state index contributed by atoms with van der Waals surface area (Å²) in [5.41, 5.74) is 2.02. The van der Waals surface area contributed by atoms with Crippen molar-refractivity contribution in [1.82, 2.24) is 20.4 Å². The molecule has 2 amide bonds. The van der Waals surface area contributed by atoms with Crippen molar-refractivity contribution in [2.75, 3.05) is 11.9 Å². The highest BCUT2D eigenvalue weighted by Crippen LogP contribution is 2.23. The third kappa shape index (κ3) is 3.75. The average Bonchev–Trinajstić information content (AvgIpc) is 3.11. The Kier molecular flexibility index (Phi) is 4.81. The van der Waals surface area contributed by atoms with E-state index in [4.69, 9.17) is 4.52 Å². The number of anilines is 1. The maximum atomic E-state index is 11.7. The van der Waals surface area contributed by atoms with Crippen LogP contribution in [-0.4, -0.2) is 27.7 Å². The predicted octanol–water partition coefficient (Wildman–Crippen LogP) is 3.33. The van der Waals surface area contributed by atoms with E-state index in [1.165, 1.54) is 0 Å². The zero-order valence-corrected chi connectivity index (χ0v) is 13.2. The van der Waals surface area contributed by atoms with Gasteiger partial charge in [0.15, 0.2) is 0 Å². The molecule has 0 radical (unpaired) electrons. The molecule has 2 aromatic heterocycles. The Morgan fingerprint density at radius 1 is 1.21 bits per heavy atom. The first-order valence-corrected chi connectivity index (χ1v) is 7.66. The van der Waals surface area contributed by atoms with Gasteiger partial charge in [-0.3, -0.25) is 4.98 Å². The summed E-state index contributed by atoms with van der Waals surface area (Å²) in [5.74, 6) is 0.790. The Morgan fingerprint density at radius 3 is 2.92 bits per heavy atom. The topological polar surface area (TPSA) is 92.9 Å². The third-order valence-corrected chi connectivity index (χ3v) is 3.22. The Hall–Kier alpha value is -3.22. The van der Waals surface area contributed by atoms with Gasteiger partial charge in [0.05, 0.1) is 0 Å². The van der Waals surface area contributed by atoms with Crippen LogP contribution in [0.25, 0.3) is 23.0 Å². The number of nitrogens with one attached hydrogen (secondary N) is 2. The van der Waals surface area contributed by atoms with Gasteiger partial charge in [0, 0.05) is 24.0 Å². The standard InChI is InChI=1S/C17H17N5O2/c1-2-9-19-17(23)20-13-7-5-6-12(11-13)15-21-16(24-22-15)14-8-3-4-10-18-14/h3-8,10-11H,2,9H2,1H3,(H2,19,20,23). The van der Waals surface area contributed by atoms with Gasteiger partial charge in [-0.05, 0) is 30.7 Å². The zero-order chi connectivity index (χ0) is 16.8. The lowest BCUT2D eigenvalue weighted by Gasteiger charge is -2.07. The summed E-state index contributed by atoms with van der Waals surface area (Å²) >= 11 is 0. The van der Waals surface area contributed by atoms with Crippen molar-refractivity contribution in [3.05, 3.63) is 48.7 Å². The van der Waals surface area contributed by atoms with E-state index in [2.05, 4.69) is 25.8 Å². The third-order valence-electron chi connectivity index (χ3n) is 3.22. The van der Waals surface area contributed by atoms with Crippen molar-refractivity contribution in [1.29, 1.82) is 0 Å². The normalized spacial score (nSPS) is 10.4. The fourth-order valence-corrected chi connectivity index (χ4v) is 2.08. The van der Waals surface area contributed by atoms with Crippen LogP contribution < -0.4 is 10.6 Å². The fraction of sp³-hybridized carbons (Fsp3) is 0.176. The molecule has 0 saturated heterocycles. The molecule has 0 spiro atoms. The van der Waals surface area contributed by atoms with Gasteiger partial charge in [0.2, 0.25) is 5.82 Å². The Labute approximate surface area is 139 Å². The van der Waals surface area contributed by atoms with E-state index in [1.807, 2.05) is 31.2 Å². The molecule has 0 aliphatic carbocycles. The summed E-state index contributed by atoms with van der Waals surface area (Å²) < 4.78 is 5.26. The molecule has 2 heterocycles. The molecule has 3 rings (SSSR count). The number of pyridine rings is 1. The molecule has 0 saturated carbocycles. The number of hydrogen-bond acceptors (Lipinski definition) is 5. The van der Waals surface area contributed by atoms with Crippen molar-refractivity contribution < 1.29 is 9.32 Å². The Morgan fingerprint density at radius 2 is 2.12 bits per heavy atom. The van der Waals surface area contributed by atoms with Crippen molar-refractivity contribution in [2.45, 2.75) is 13.3 Å². The summed E-state index contributed by atoms with van der Waals surface area (Å²) in [7, 11) is 0. The summed E-state index contributed by atoms with van der Waals surface area (Å²) in [5, 5.41) is 9.51. The van der Waals surface area contributed by atoms with Gasteiger partial charge in [-0.15, -0.1) is 0 Å². The molecule has 1 aromatic carbocycles. The van der Waals surface area contributed by atoms with Crippen LogP contribution in [0.4, 0.5) is 10.5 Å². The van der Waals surface area contributed by atoms with Crippen LogP contribution in [0.5, 0.6) is 0 Å². The van der Waals surface area contributed by atoms with E-state index in [-0.39, 0.29) is 6.03 Å². The smallest absolute Gasteiger partial charge is 0.319 e. The summed E-state index contributed by atoms with van der Waals surface area (Å²) in [6.07, 6.45) is 2.55. The van der Waals surface area contributed by atoms with Crippen molar-refractivity contribution >= 4 is 11.7 Å². The van der Waals surface area contributed by atoms with Crippen molar-refractivity contribution in [3.8, 4) is 23.0 Å². The first-order valence-electron chi connectivity index (χ1n) is 7.66. The highest BCUT2D eigenvalue weighted by Gasteiger charge is 2.12. The molecule has 122 valence electrons. The van der Waals surface area contributed by atoms with Crippen LogP contribution in [0.2, 0.25) is 0 Å². The first kappa shape index (κ1) is 15.7. The molecule has 0 aliphatic heterocycles. The second-order valence-electron chi connectivity index (χ2n) is 5.10. The molecule has 0 atom stereocenters. The highest BCUT2D eigenvalue weighted by atomic mass is 16.5. The summed E-state index contributed by atoms with van der Waals surface area (Å²) in [6, 6.07) is 12.5. The van der Waals surface area contributed by atoms with Gasteiger partial charge in [0.1, 0.15) is 5.69 Å². The second-order valence-corrected chi connectivity index (χ2v) is 5.10. The lowest BCUT2D eigenvalue weighted by Crippen LogP contribution is -2.29. The molecule has 0 fully saturated rings. The number of carbonyl (C=O) groups excluding carboxylic acids is 1. The number of carbonyl (C=O) groups is 1. The molecule has 7 heteroatoms. The lowest BCUT2D eigenvalue weighted by atomic mass is 10.2. The molecule has 7 nitrogen and oxygen atoms in total. The second kappa shape index (κ2) is 7.36. The molecule has 3 aromatic rings. The minimum atomic E-state index is -0.240. The van der Waals surface area contributed by atoms with Crippen LogP contribution in [0.15, 0.2) is 53.2 Å². The van der Waals surface area contributed by atoms with Crippen LogP contribution in [-0.2, 0) is 0 Å². The largest absolute Gasteiger partial charge is 0.338 e. The fourth-order valence-electron chi connectivity index (χ4n) is 2.08. The van der Waals surface area contributed by atoms with Gasteiger partial charge >= 0.3 is 6.03 Å². The maximum absolute atomic E-state index is 11.7. The van der Waals surface area contributed by atoms with E-state index in [0.717, 1.165) is 12.0 Å². The van der Waals surface area contributed by atoms with Gasteiger partial charge in [-0.25, -0.2) is 4.79 Å². The van der Waals surface area contributed by atoms with E-state index < -0.39 is 0 Å². The molecule has 0 bridgehead atoms. The van der Waals surface area contributed by atoms with Gasteiger partial charge < -0.3 is 15.2 Å². The molecular formula is C17H17N5O2. The quantitative estimate of drug-likeness (QED) is 0.751. The van der Waals surface area contributed by atoms with E-state index in [9.17, 15) is 4.79 Å². The highest BCUT2D eigenvalue weighted by molar-refractivity contribution is 5.89. The summed E-state index contributed by atoms with van der Waals surface area (Å²) in [6.45, 7) is 2.63. The van der Waals surface area contributed by atoms with E-state index >= 15 is 0 Å². The minimum absolute atomic E-state index is 0.240. The molecule has 2 N–H and O–H groups in total. The maximum Gasteiger partial charge on any atom is 0.319 e. The molecule has 0 aliphatic rings. The number of rotatable bonds is 5. The number of urea groups is 1. The number of aromatic nitrogens is 3. The lowest BCUT2D eigenvalue weighted by molar-refractivity contribution is 0.252. The number of amides is 2. The zero-order valence-electron chi connectivity index (χ0n) is 13.2. The van der Waals surface area contributed by atoms with Crippen molar-refractivity contribution in [2.24, 2.45) is 0 Å². The van der Waals surface area contributed by atoms with E-state index in [0.29, 0.717) is 29.6 Å². The predicted molar refractivity (Wildman–Crippen MR) is 90.3 cm³/mol. The van der Waals surface area contributed by atoms with Crippen LogP contribution in [0, 0.1) is 0 Å². The average molecular weight is 323 g/mol. The first-order chi connectivity index (χ1) is 11.8. The van der Waals surface area contributed by atoms with Crippen LogP contribution in [0.3, 0.4) is 0 Å². The molecular weight excluding hydrogens is 306 g/mol. The van der Waals surface area contributed by atoms with Gasteiger partial charge in [0.25, 0.3) is 5.89 Å². The molecule has 24 heavy (non-hydrogen) atoms. The van der Waals surface area contributed by atoms with Crippen molar-refractivity contribution in [3.63, 3.8) is 0 Å². The van der Waals surface area contributed by atoms with Crippen LogP contribution in [0.1, 0.15) is 13.3 Å². The Bertz CT molecular complexity index is 817. The number of hydrogen-bond donors (Lipinski definition) is 2. The molecule has 0 unspecified atom stereocenters. The summed E-state index contributed by atoms with van der Waals surface area (Å²) in [4.78, 5) is 20.3. The number of benzene rings is 1. The van der Waals surface area contributed by atoms with E-state index in [1.54, 1.807) is 24.4 Å². The SMILES string of the molecule is CCCNC(=O)Nc1cccc(-c2noc(-c3ccccn3)n2)c1. The van der Waals surface area contributed by atoms with Crippen LogP contribution >= 0.6 is 0 Å².